The van der Waals surface area contributed by atoms with E-state index in [0.29, 0.717) is 17.2 Å². The highest BCUT2D eigenvalue weighted by Crippen LogP contribution is 2.30. The first kappa shape index (κ1) is 11.7. The molecule has 1 aliphatic carbocycles. The second kappa shape index (κ2) is 4.38. The van der Waals surface area contributed by atoms with Gasteiger partial charge in [0.15, 0.2) is 0 Å². The van der Waals surface area contributed by atoms with Crippen molar-refractivity contribution >= 4 is 5.91 Å². The lowest BCUT2D eigenvalue weighted by molar-refractivity contribution is 0.0999. The molecule has 98 valence electrons. The minimum absolute atomic E-state index is 0.212. The topological polar surface area (TPSA) is 82.9 Å². The summed E-state index contributed by atoms with van der Waals surface area (Å²) in [7, 11) is 0. The summed E-state index contributed by atoms with van der Waals surface area (Å²) in [5.74, 6) is 0.153. The van der Waals surface area contributed by atoms with Gasteiger partial charge in [0, 0.05) is 25.0 Å². The van der Waals surface area contributed by atoms with Gasteiger partial charge in [-0.15, -0.1) is 0 Å². The first-order valence-corrected chi connectivity index (χ1v) is 6.19. The number of rotatable bonds is 4. The fourth-order valence-electron chi connectivity index (χ4n) is 1.98. The molecule has 0 unspecified atom stereocenters. The highest BCUT2D eigenvalue weighted by molar-refractivity contribution is 5.92. The van der Waals surface area contributed by atoms with E-state index in [9.17, 15) is 9.59 Å². The molecule has 19 heavy (non-hydrogen) atoms. The van der Waals surface area contributed by atoms with E-state index in [4.69, 9.17) is 5.73 Å². The summed E-state index contributed by atoms with van der Waals surface area (Å²) in [6.07, 6.45) is 7.36. The third-order valence-electron chi connectivity index (χ3n) is 3.24. The summed E-state index contributed by atoms with van der Waals surface area (Å²) in [5, 5.41) is 4.23. The molecule has 2 heterocycles. The number of primary amides is 1. The maximum atomic E-state index is 11.8. The molecule has 1 saturated carbocycles. The van der Waals surface area contributed by atoms with Gasteiger partial charge in [0.05, 0.1) is 17.4 Å². The Bertz CT molecular complexity index is 682. The molecule has 1 amide bonds. The van der Waals surface area contributed by atoms with E-state index in [2.05, 4.69) is 5.10 Å². The molecule has 0 spiro atoms. The smallest absolute Gasteiger partial charge is 0.255 e. The average Bonchev–Trinajstić information content (AvgIpc) is 3.06. The van der Waals surface area contributed by atoms with Gasteiger partial charge >= 0.3 is 0 Å². The number of carbonyl (C=O) groups is 1. The lowest BCUT2D eigenvalue weighted by atomic mass is 10.2. The molecule has 6 nitrogen and oxygen atoms in total. The largest absolute Gasteiger partial charge is 0.366 e. The Labute approximate surface area is 109 Å². The van der Waals surface area contributed by atoms with Gasteiger partial charge in [-0.3, -0.25) is 18.8 Å². The van der Waals surface area contributed by atoms with Gasteiger partial charge in [-0.1, -0.05) is 0 Å². The van der Waals surface area contributed by atoms with Crippen LogP contribution in [0.25, 0.3) is 5.69 Å². The van der Waals surface area contributed by atoms with Gasteiger partial charge in [-0.25, -0.2) is 0 Å². The Balaban J connectivity index is 1.95. The van der Waals surface area contributed by atoms with Gasteiger partial charge in [-0.05, 0) is 24.8 Å². The van der Waals surface area contributed by atoms with Crippen molar-refractivity contribution in [2.24, 2.45) is 11.7 Å². The summed E-state index contributed by atoms with van der Waals surface area (Å²) < 4.78 is 3.22. The maximum Gasteiger partial charge on any atom is 0.255 e. The molecule has 2 N–H and O–H groups in total. The van der Waals surface area contributed by atoms with Crippen molar-refractivity contribution < 1.29 is 4.79 Å². The van der Waals surface area contributed by atoms with Gasteiger partial charge in [0.1, 0.15) is 0 Å². The van der Waals surface area contributed by atoms with Crippen LogP contribution in [0.5, 0.6) is 0 Å². The van der Waals surface area contributed by atoms with Crippen LogP contribution >= 0.6 is 0 Å². The fraction of sp³-hybridized carbons (Fsp3) is 0.308. The Kier molecular flexibility index (Phi) is 2.70. The SMILES string of the molecule is NC(=O)c1ccc(=O)n(-c2cnn(CC3CC3)c2)c1. The predicted molar refractivity (Wildman–Crippen MR) is 69.1 cm³/mol. The van der Waals surface area contributed by atoms with Crippen molar-refractivity contribution in [2.75, 3.05) is 0 Å². The van der Waals surface area contributed by atoms with Gasteiger partial charge in [0.2, 0.25) is 5.91 Å². The number of hydrogen-bond donors (Lipinski definition) is 1. The third kappa shape index (κ3) is 2.42. The Morgan fingerprint density at radius 1 is 1.37 bits per heavy atom. The standard InChI is InChI=1S/C13H14N4O2/c14-13(19)10-3-4-12(18)17(7-10)11-5-15-16(8-11)6-9-1-2-9/h3-5,7-9H,1-2,6H2,(H2,14,19). The van der Waals surface area contributed by atoms with Crippen LogP contribution in [0.3, 0.4) is 0 Å². The Hall–Kier alpha value is -2.37. The molecule has 0 aliphatic heterocycles. The van der Waals surface area contributed by atoms with E-state index in [1.54, 1.807) is 6.20 Å². The number of amides is 1. The second-order valence-electron chi connectivity index (χ2n) is 4.85. The van der Waals surface area contributed by atoms with Gasteiger partial charge in [-0.2, -0.15) is 5.10 Å². The van der Waals surface area contributed by atoms with Crippen LogP contribution in [0.4, 0.5) is 0 Å². The quantitative estimate of drug-likeness (QED) is 0.869. The van der Waals surface area contributed by atoms with E-state index >= 15 is 0 Å². The summed E-state index contributed by atoms with van der Waals surface area (Å²) in [6, 6.07) is 2.76. The Morgan fingerprint density at radius 3 is 2.84 bits per heavy atom. The average molecular weight is 258 g/mol. The van der Waals surface area contributed by atoms with Crippen molar-refractivity contribution in [3.8, 4) is 5.69 Å². The van der Waals surface area contributed by atoms with Crippen LogP contribution in [-0.2, 0) is 6.54 Å². The van der Waals surface area contributed by atoms with Crippen LogP contribution in [-0.4, -0.2) is 20.3 Å². The first-order valence-electron chi connectivity index (χ1n) is 6.19. The van der Waals surface area contributed by atoms with Crippen LogP contribution < -0.4 is 11.3 Å². The van der Waals surface area contributed by atoms with E-state index in [0.717, 1.165) is 6.54 Å². The van der Waals surface area contributed by atoms with Crippen molar-refractivity contribution in [3.63, 3.8) is 0 Å². The number of carbonyl (C=O) groups excluding carboxylic acids is 1. The summed E-state index contributed by atoms with van der Waals surface area (Å²) in [6.45, 7) is 0.879. The first-order chi connectivity index (χ1) is 9.13. The van der Waals surface area contributed by atoms with Crippen molar-refractivity contribution in [1.82, 2.24) is 14.3 Å². The lowest BCUT2D eigenvalue weighted by Crippen LogP contribution is -2.20. The highest BCUT2D eigenvalue weighted by atomic mass is 16.1. The van der Waals surface area contributed by atoms with Crippen LogP contribution in [0, 0.1) is 5.92 Å². The summed E-state index contributed by atoms with van der Waals surface area (Å²) >= 11 is 0. The fourth-order valence-corrected chi connectivity index (χ4v) is 1.98. The number of aromatic nitrogens is 3. The summed E-state index contributed by atoms with van der Waals surface area (Å²) in [5.41, 5.74) is 5.95. The predicted octanol–water partition coefficient (Wildman–Crippen LogP) is 0.543. The van der Waals surface area contributed by atoms with Crippen molar-refractivity contribution in [1.29, 1.82) is 0 Å². The minimum atomic E-state index is -0.556. The molecule has 1 aliphatic rings. The molecule has 0 atom stereocenters. The lowest BCUT2D eigenvalue weighted by Gasteiger charge is -2.03. The van der Waals surface area contributed by atoms with Gasteiger partial charge < -0.3 is 5.73 Å². The maximum absolute atomic E-state index is 11.8. The zero-order valence-corrected chi connectivity index (χ0v) is 10.3. The molecule has 1 fully saturated rings. The number of hydrogen-bond acceptors (Lipinski definition) is 3. The molecular weight excluding hydrogens is 244 g/mol. The third-order valence-corrected chi connectivity index (χ3v) is 3.24. The molecule has 0 radical (unpaired) electrons. The zero-order valence-electron chi connectivity index (χ0n) is 10.3. The van der Waals surface area contributed by atoms with Crippen LogP contribution in [0.15, 0.2) is 35.5 Å². The van der Waals surface area contributed by atoms with Crippen molar-refractivity contribution in [2.45, 2.75) is 19.4 Å². The van der Waals surface area contributed by atoms with E-state index in [-0.39, 0.29) is 5.56 Å². The molecule has 0 aromatic carbocycles. The van der Waals surface area contributed by atoms with E-state index in [1.807, 2.05) is 10.9 Å². The van der Waals surface area contributed by atoms with Crippen molar-refractivity contribution in [3.05, 3.63) is 46.6 Å². The second-order valence-corrected chi connectivity index (χ2v) is 4.85. The molecule has 0 bridgehead atoms. The number of nitrogens with two attached hydrogens (primary N) is 1. The van der Waals surface area contributed by atoms with Crippen LogP contribution in [0.2, 0.25) is 0 Å². The number of pyridine rings is 1. The zero-order chi connectivity index (χ0) is 13.4. The monoisotopic (exact) mass is 258 g/mol. The summed E-state index contributed by atoms with van der Waals surface area (Å²) in [4.78, 5) is 23.0. The minimum Gasteiger partial charge on any atom is -0.366 e. The number of nitrogens with zero attached hydrogens (tertiary/aromatic N) is 3. The van der Waals surface area contributed by atoms with E-state index in [1.165, 1.54) is 35.7 Å². The van der Waals surface area contributed by atoms with Crippen LogP contribution in [0.1, 0.15) is 23.2 Å². The van der Waals surface area contributed by atoms with Gasteiger partial charge in [0.25, 0.3) is 5.56 Å². The molecule has 2 aromatic rings. The molecule has 3 rings (SSSR count). The highest BCUT2D eigenvalue weighted by Gasteiger charge is 2.22. The normalized spacial score (nSPS) is 14.5. The van der Waals surface area contributed by atoms with E-state index < -0.39 is 5.91 Å². The Morgan fingerprint density at radius 2 is 2.16 bits per heavy atom. The molecule has 6 heteroatoms. The molecule has 2 aromatic heterocycles. The molecular formula is C13H14N4O2. The molecule has 0 saturated heterocycles.